The van der Waals surface area contributed by atoms with Crippen LogP contribution < -0.4 is 15.8 Å². The average molecular weight is 302 g/mol. The van der Waals surface area contributed by atoms with Crippen molar-refractivity contribution in [2.45, 2.75) is 70.4 Å². The summed E-state index contributed by atoms with van der Waals surface area (Å²) in [4.78, 5) is 0. The molecule has 0 radical (unpaired) electrons. The van der Waals surface area contributed by atoms with Crippen molar-refractivity contribution in [2.24, 2.45) is 11.7 Å². The number of nitrogens with two attached hydrogens (primary N) is 1. The summed E-state index contributed by atoms with van der Waals surface area (Å²) in [5.41, 5.74) is 8.50. The van der Waals surface area contributed by atoms with Crippen molar-refractivity contribution in [3.05, 3.63) is 23.8 Å². The van der Waals surface area contributed by atoms with Gasteiger partial charge in [0.25, 0.3) is 0 Å². The van der Waals surface area contributed by atoms with Crippen LogP contribution in [0.2, 0.25) is 0 Å². The molecule has 0 heterocycles. The van der Waals surface area contributed by atoms with Crippen molar-refractivity contribution in [1.82, 2.24) is 0 Å². The van der Waals surface area contributed by atoms with Crippen LogP contribution in [0.3, 0.4) is 0 Å². The predicted octanol–water partition coefficient (Wildman–Crippen LogP) is 4.25. The van der Waals surface area contributed by atoms with E-state index >= 15 is 0 Å². The van der Waals surface area contributed by atoms with Crippen LogP contribution in [0.1, 0.15) is 56.9 Å². The predicted molar refractivity (Wildman–Crippen MR) is 92.5 cm³/mol. The van der Waals surface area contributed by atoms with Gasteiger partial charge in [0.2, 0.25) is 0 Å². The van der Waals surface area contributed by atoms with Crippen LogP contribution >= 0.6 is 0 Å². The zero-order valence-electron chi connectivity index (χ0n) is 13.8. The van der Waals surface area contributed by atoms with E-state index in [1.165, 1.54) is 62.6 Å². The molecule has 0 saturated heterocycles. The van der Waals surface area contributed by atoms with Crippen molar-refractivity contribution in [3.8, 4) is 5.75 Å². The molecule has 3 rings (SSSR count). The fourth-order valence-corrected chi connectivity index (χ4v) is 3.75. The van der Waals surface area contributed by atoms with Crippen molar-refractivity contribution >= 4 is 5.69 Å². The number of nitrogens with one attached hydrogen (secondary N) is 1. The highest BCUT2D eigenvalue weighted by Gasteiger charge is 2.19. The van der Waals surface area contributed by atoms with Crippen molar-refractivity contribution in [1.29, 1.82) is 0 Å². The van der Waals surface area contributed by atoms with Gasteiger partial charge in [-0.05, 0) is 88.0 Å². The van der Waals surface area contributed by atoms with Gasteiger partial charge >= 0.3 is 0 Å². The normalized spacial score (nSPS) is 26.1. The molecule has 0 bridgehead atoms. The fraction of sp³-hybridized carbons (Fsp3) is 0.684. The lowest BCUT2D eigenvalue weighted by molar-refractivity contribution is 0.210. The molecule has 1 aromatic carbocycles. The largest absolute Gasteiger partial charge is 0.490 e. The number of benzene rings is 1. The van der Waals surface area contributed by atoms with E-state index in [0.29, 0.717) is 12.1 Å². The summed E-state index contributed by atoms with van der Waals surface area (Å²) in [6.45, 7) is 3.23. The number of anilines is 1. The summed E-state index contributed by atoms with van der Waals surface area (Å²) in [6.07, 6.45) is 10.4. The van der Waals surface area contributed by atoms with Gasteiger partial charge in [-0.25, -0.2) is 0 Å². The molecule has 22 heavy (non-hydrogen) atoms. The lowest BCUT2D eigenvalue weighted by atomic mass is 9.86. The highest BCUT2D eigenvalue weighted by atomic mass is 16.5. The van der Waals surface area contributed by atoms with Crippen LogP contribution in [0.15, 0.2) is 18.2 Å². The number of hydrogen-bond acceptors (Lipinski definition) is 3. The molecule has 3 heteroatoms. The minimum Gasteiger partial charge on any atom is -0.490 e. The zero-order chi connectivity index (χ0) is 15.4. The van der Waals surface area contributed by atoms with Gasteiger partial charge in [-0.1, -0.05) is 0 Å². The number of ether oxygens (including phenoxy) is 1. The summed E-state index contributed by atoms with van der Waals surface area (Å²) in [6, 6.07) is 6.90. The van der Waals surface area contributed by atoms with E-state index in [9.17, 15) is 0 Å². The molecule has 1 aromatic rings. The Kier molecular flexibility index (Phi) is 5.24. The van der Waals surface area contributed by atoms with Crippen LogP contribution in [-0.4, -0.2) is 18.7 Å². The SMILES string of the molecule is Cc1cc(OC2CCCC2)ccc1NCC1CCC(N)CC1. The number of rotatable bonds is 5. The lowest BCUT2D eigenvalue weighted by Crippen LogP contribution is -2.29. The summed E-state index contributed by atoms with van der Waals surface area (Å²) < 4.78 is 6.08. The maximum Gasteiger partial charge on any atom is 0.120 e. The Hall–Kier alpha value is -1.22. The Morgan fingerprint density at radius 3 is 2.50 bits per heavy atom. The smallest absolute Gasteiger partial charge is 0.120 e. The topological polar surface area (TPSA) is 47.3 Å². The van der Waals surface area contributed by atoms with Gasteiger partial charge in [0.1, 0.15) is 5.75 Å². The second-order valence-corrected chi connectivity index (χ2v) is 7.16. The minimum atomic E-state index is 0.435. The second kappa shape index (κ2) is 7.36. The highest BCUT2D eigenvalue weighted by molar-refractivity contribution is 5.53. The van der Waals surface area contributed by atoms with Crippen LogP contribution in [0.5, 0.6) is 5.75 Å². The Morgan fingerprint density at radius 1 is 1.09 bits per heavy atom. The molecule has 0 atom stereocenters. The molecule has 3 nitrogen and oxygen atoms in total. The molecule has 2 saturated carbocycles. The average Bonchev–Trinajstić information content (AvgIpc) is 3.01. The van der Waals surface area contributed by atoms with Crippen LogP contribution in [-0.2, 0) is 0 Å². The van der Waals surface area contributed by atoms with E-state index in [1.54, 1.807) is 0 Å². The summed E-state index contributed by atoms with van der Waals surface area (Å²) in [5.74, 6) is 1.80. The Morgan fingerprint density at radius 2 is 1.82 bits per heavy atom. The molecule has 2 aliphatic rings. The first-order valence-electron chi connectivity index (χ1n) is 8.97. The quantitative estimate of drug-likeness (QED) is 0.855. The molecule has 2 aliphatic carbocycles. The molecule has 2 fully saturated rings. The zero-order valence-corrected chi connectivity index (χ0v) is 13.8. The molecule has 3 N–H and O–H groups in total. The lowest BCUT2D eigenvalue weighted by Gasteiger charge is -2.26. The number of aryl methyl sites for hydroxylation is 1. The maximum atomic E-state index is 6.08. The van der Waals surface area contributed by atoms with E-state index in [-0.39, 0.29) is 0 Å². The van der Waals surface area contributed by atoms with Gasteiger partial charge < -0.3 is 15.8 Å². The fourth-order valence-electron chi connectivity index (χ4n) is 3.75. The molecule has 0 spiro atoms. The molecule has 0 aromatic heterocycles. The van der Waals surface area contributed by atoms with E-state index < -0.39 is 0 Å². The Labute approximate surface area is 134 Å². The van der Waals surface area contributed by atoms with Gasteiger partial charge in [0.05, 0.1) is 6.10 Å². The number of hydrogen-bond donors (Lipinski definition) is 2. The molecule has 0 aliphatic heterocycles. The third kappa shape index (κ3) is 4.16. The van der Waals surface area contributed by atoms with Gasteiger partial charge in [-0.15, -0.1) is 0 Å². The van der Waals surface area contributed by atoms with E-state index in [2.05, 4.69) is 30.4 Å². The van der Waals surface area contributed by atoms with Crippen molar-refractivity contribution in [3.63, 3.8) is 0 Å². The van der Waals surface area contributed by atoms with Gasteiger partial charge in [-0.3, -0.25) is 0 Å². The first-order valence-corrected chi connectivity index (χ1v) is 8.97. The van der Waals surface area contributed by atoms with Gasteiger partial charge in [-0.2, -0.15) is 0 Å². The van der Waals surface area contributed by atoms with Crippen molar-refractivity contribution in [2.75, 3.05) is 11.9 Å². The molecular weight excluding hydrogens is 272 g/mol. The highest BCUT2D eigenvalue weighted by Crippen LogP contribution is 2.28. The monoisotopic (exact) mass is 302 g/mol. The van der Waals surface area contributed by atoms with Crippen LogP contribution in [0.4, 0.5) is 5.69 Å². The van der Waals surface area contributed by atoms with Crippen LogP contribution in [0, 0.1) is 12.8 Å². The summed E-state index contributed by atoms with van der Waals surface area (Å²) >= 11 is 0. The van der Waals surface area contributed by atoms with Crippen molar-refractivity contribution < 1.29 is 4.74 Å². The van der Waals surface area contributed by atoms with E-state index in [0.717, 1.165) is 18.2 Å². The summed E-state index contributed by atoms with van der Waals surface area (Å²) in [7, 11) is 0. The third-order valence-electron chi connectivity index (χ3n) is 5.28. The second-order valence-electron chi connectivity index (χ2n) is 7.16. The molecule has 0 unspecified atom stereocenters. The standard InChI is InChI=1S/C19H30N2O/c1-14-12-18(22-17-4-2-3-5-17)10-11-19(14)21-13-15-6-8-16(20)9-7-15/h10-12,15-17,21H,2-9,13,20H2,1H3. The van der Waals surface area contributed by atoms with Gasteiger partial charge in [0, 0.05) is 18.3 Å². The Balaban J connectivity index is 1.51. The van der Waals surface area contributed by atoms with E-state index in [1.807, 2.05) is 0 Å². The third-order valence-corrected chi connectivity index (χ3v) is 5.28. The minimum absolute atomic E-state index is 0.435. The Bertz CT molecular complexity index is 474. The summed E-state index contributed by atoms with van der Waals surface area (Å²) in [5, 5.41) is 3.62. The maximum absolute atomic E-state index is 6.08. The van der Waals surface area contributed by atoms with Gasteiger partial charge in [0.15, 0.2) is 0 Å². The van der Waals surface area contributed by atoms with E-state index in [4.69, 9.17) is 10.5 Å². The molecular formula is C19H30N2O. The first-order chi connectivity index (χ1) is 10.7. The first kappa shape index (κ1) is 15.7. The molecule has 122 valence electrons. The van der Waals surface area contributed by atoms with Crippen LogP contribution in [0.25, 0.3) is 0 Å². The molecule has 0 amide bonds.